The lowest BCUT2D eigenvalue weighted by molar-refractivity contribution is 0.253. The summed E-state index contributed by atoms with van der Waals surface area (Å²) in [5.41, 5.74) is 7.41. The van der Waals surface area contributed by atoms with Gasteiger partial charge in [0.15, 0.2) is 5.96 Å². The Morgan fingerprint density at radius 2 is 2.11 bits per heavy atom. The molecule has 1 aliphatic carbocycles. The Bertz CT molecular complexity index is 419. The summed E-state index contributed by atoms with van der Waals surface area (Å²) in [5, 5.41) is 3.01. The zero-order chi connectivity index (χ0) is 12.8. The van der Waals surface area contributed by atoms with E-state index in [0.29, 0.717) is 12.5 Å². The number of nitrogens with two attached hydrogens (primary N) is 1. The molecule has 18 heavy (non-hydrogen) atoms. The third kappa shape index (κ3) is 2.73. The Morgan fingerprint density at radius 1 is 1.39 bits per heavy atom. The molecule has 3 heteroatoms. The van der Waals surface area contributed by atoms with Gasteiger partial charge in [0, 0.05) is 12.0 Å². The van der Waals surface area contributed by atoms with Crippen LogP contribution in [0.5, 0.6) is 0 Å². The molecule has 3 N–H and O–H groups in total. The van der Waals surface area contributed by atoms with Crippen LogP contribution in [-0.4, -0.2) is 19.0 Å². The third-order valence-electron chi connectivity index (χ3n) is 3.68. The maximum absolute atomic E-state index is 5.81. The number of nitrogens with zero attached hydrogens (tertiary/aromatic N) is 1. The topological polar surface area (TPSA) is 50.4 Å². The van der Waals surface area contributed by atoms with Gasteiger partial charge in [-0.2, -0.15) is 0 Å². The van der Waals surface area contributed by atoms with Gasteiger partial charge in [-0.25, -0.2) is 0 Å². The molecule has 1 saturated carbocycles. The van der Waals surface area contributed by atoms with Crippen molar-refractivity contribution >= 4 is 5.96 Å². The van der Waals surface area contributed by atoms with Crippen molar-refractivity contribution in [3.63, 3.8) is 0 Å². The van der Waals surface area contributed by atoms with E-state index in [9.17, 15) is 0 Å². The summed E-state index contributed by atoms with van der Waals surface area (Å²) in [5.74, 6) is 0.511. The lowest BCUT2D eigenvalue weighted by Gasteiger charge is -2.41. The normalized spacial score (nSPS) is 17.9. The lowest BCUT2D eigenvalue weighted by atomic mass is 9.64. The summed E-state index contributed by atoms with van der Waals surface area (Å²) < 4.78 is 0. The Hall–Kier alpha value is -1.77. The Labute approximate surface area is 109 Å². The fraction of sp³-hybridized carbons (Fsp3) is 0.400. The van der Waals surface area contributed by atoms with Crippen molar-refractivity contribution in [2.45, 2.75) is 24.7 Å². The van der Waals surface area contributed by atoms with E-state index in [1.165, 1.54) is 24.8 Å². The Kier molecular flexibility index (Phi) is 4.03. The van der Waals surface area contributed by atoms with E-state index in [0.717, 1.165) is 6.54 Å². The molecular formula is C15H21N3. The maximum Gasteiger partial charge on any atom is 0.188 e. The van der Waals surface area contributed by atoms with Crippen LogP contribution in [0, 0.1) is 0 Å². The summed E-state index contributed by atoms with van der Waals surface area (Å²) in [4.78, 5) is 4.47. The van der Waals surface area contributed by atoms with E-state index < -0.39 is 0 Å². The molecule has 2 rings (SSSR count). The molecule has 0 amide bonds. The van der Waals surface area contributed by atoms with E-state index in [1.807, 2.05) is 0 Å². The first-order chi connectivity index (χ1) is 8.77. The zero-order valence-electron chi connectivity index (χ0n) is 10.7. The first-order valence-electron chi connectivity index (χ1n) is 6.47. The van der Waals surface area contributed by atoms with Gasteiger partial charge >= 0.3 is 0 Å². The molecule has 0 aromatic heterocycles. The van der Waals surface area contributed by atoms with Gasteiger partial charge in [0.1, 0.15) is 0 Å². The molecule has 0 heterocycles. The number of nitrogens with one attached hydrogen (secondary N) is 1. The molecule has 3 nitrogen and oxygen atoms in total. The number of guanidine groups is 1. The van der Waals surface area contributed by atoms with Gasteiger partial charge in [-0.05, 0) is 18.4 Å². The average molecular weight is 243 g/mol. The van der Waals surface area contributed by atoms with Crippen LogP contribution in [0.4, 0.5) is 0 Å². The molecule has 0 saturated heterocycles. The van der Waals surface area contributed by atoms with E-state index in [-0.39, 0.29) is 5.41 Å². The molecule has 1 aromatic rings. The number of hydrogen-bond donors (Lipinski definition) is 2. The van der Waals surface area contributed by atoms with Crippen LogP contribution in [0.25, 0.3) is 0 Å². The Balaban J connectivity index is 2.03. The predicted molar refractivity (Wildman–Crippen MR) is 76.7 cm³/mol. The van der Waals surface area contributed by atoms with Crippen molar-refractivity contribution in [2.75, 3.05) is 13.1 Å². The molecule has 0 atom stereocenters. The molecule has 1 aromatic carbocycles. The van der Waals surface area contributed by atoms with Gasteiger partial charge in [0.2, 0.25) is 0 Å². The monoisotopic (exact) mass is 243 g/mol. The van der Waals surface area contributed by atoms with E-state index in [4.69, 9.17) is 5.73 Å². The minimum absolute atomic E-state index is 0.210. The van der Waals surface area contributed by atoms with Gasteiger partial charge < -0.3 is 11.1 Å². The highest BCUT2D eigenvalue weighted by atomic mass is 15.1. The zero-order valence-corrected chi connectivity index (χ0v) is 10.7. The third-order valence-corrected chi connectivity index (χ3v) is 3.68. The van der Waals surface area contributed by atoms with Gasteiger partial charge in [-0.3, -0.25) is 4.99 Å². The van der Waals surface area contributed by atoms with Crippen LogP contribution in [0.3, 0.4) is 0 Å². The van der Waals surface area contributed by atoms with Gasteiger partial charge in [-0.15, -0.1) is 6.58 Å². The summed E-state index contributed by atoms with van der Waals surface area (Å²) in [6.07, 6.45) is 5.47. The molecular weight excluding hydrogens is 222 g/mol. The smallest absolute Gasteiger partial charge is 0.188 e. The first-order valence-corrected chi connectivity index (χ1v) is 6.47. The number of rotatable bonds is 5. The number of benzene rings is 1. The highest BCUT2D eigenvalue weighted by molar-refractivity contribution is 5.78. The molecule has 0 aliphatic heterocycles. The first kappa shape index (κ1) is 12.7. The maximum atomic E-state index is 5.81. The van der Waals surface area contributed by atoms with Crippen LogP contribution in [-0.2, 0) is 5.41 Å². The van der Waals surface area contributed by atoms with Crippen LogP contribution in [0.1, 0.15) is 24.8 Å². The second kappa shape index (κ2) is 5.71. The van der Waals surface area contributed by atoms with Crippen LogP contribution in [0.2, 0.25) is 0 Å². The van der Waals surface area contributed by atoms with E-state index in [1.54, 1.807) is 6.08 Å². The predicted octanol–water partition coefficient (Wildman–Crippen LogP) is 2.20. The van der Waals surface area contributed by atoms with E-state index >= 15 is 0 Å². The fourth-order valence-corrected chi connectivity index (χ4v) is 2.40. The number of aliphatic imine (C=N–C) groups is 1. The molecule has 0 unspecified atom stereocenters. The van der Waals surface area contributed by atoms with Crippen molar-refractivity contribution in [3.05, 3.63) is 48.6 Å². The van der Waals surface area contributed by atoms with Crippen molar-refractivity contribution in [3.8, 4) is 0 Å². The summed E-state index contributed by atoms with van der Waals surface area (Å²) in [7, 11) is 0. The fourth-order valence-electron chi connectivity index (χ4n) is 2.40. The van der Waals surface area contributed by atoms with Crippen molar-refractivity contribution in [1.29, 1.82) is 0 Å². The highest BCUT2D eigenvalue weighted by Gasteiger charge is 2.38. The standard InChI is InChI=1S/C15H21N3/c1-2-11-17-14(16)18-12-15(9-6-10-15)13-7-4-3-5-8-13/h2-5,7-8H,1,6,9-12H2,(H3,16,17,18). The van der Waals surface area contributed by atoms with Crippen LogP contribution in [0.15, 0.2) is 48.0 Å². The van der Waals surface area contributed by atoms with Gasteiger partial charge in [0.25, 0.3) is 0 Å². The summed E-state index contributed by atoms with van der Waals surface area (Å²) in [6, 6.07) is 10.6. The van der Waals surface area contributed by atoms with Crippen molar-refractivity contribution in [1.82, 2.24) is 5.32 Å². The summed E-state index contributed by atoms with van der Waals surface area (Å²) >= 11 is 0. The highest BCUT2D eigenvalue weighted by Crippen LogP contribution is 2.43. The van der Waals surface area contributed by atoms with Gasteiger partial charge in [0.05, 0.1) is 6.54 Å². The quantitative estimate of drug-likeness (QED) is 0.473. The van der Waals surface area contributed by atoms with Crippen LogP contribution < -0.4 is 11.1 Å². The van der Waals surface area contributed by atoms with Crippen LogP contribution >= 0.6 is 0 Å². The molecule has 0 bridgehead atoms. The largest absolute Gasteiger partial charge is 0.370 e. The molecule has 96 valence electrons. The van der Waals surface area contributed by atoms with Crippen molar-refractivity contribution in [2.24, 2.45) is 10.7 Å². The Morgan fingerprint density at radius 3 is 2.67 bits per heavy atom. The number of hydrogen-bond acceptors (Lipinski definition) is 1. The SMILES string of the molecule is C=CCNC(N)=NCC1(c2ccccc2)CCC1. The second-order valence-electron chi connectivity index (χ2n) is 4.87. The minimum atomic E-state index is 0.210. The molecule has 0 radical (unpaired) electrons. The molecule has 1 aliphatic rings. The van der Waals surface area contributed by atoms with E-state index in [2.05, 4.69) is 47.2 Å². The molecule has 1 fully saturated rings. The lowest BCUT2D eigenvalue weighted by Crippen LogP contribution is -2.39. The second-order valence-corrected chi connectivity index (χ2v) is 4.87. The summed E-state index contributed by atoms with van der Waals surface area (Å²) in [6.45, 7) is 5.07. The minimum Gasteiger partial charge on any atom is -0.370 e. The average Bonchev–Trinajstić information content (AvgIpc) is 2.36. The van der Waals surface area contributed by atoms with Gasteiger partial charge in [-0.1, -0.05) is 42.8 Å². The molecule has 0 spiro atoms. The van der Waals surface area contributed by atoms with Crippen molar-refractivity contribution < 1.29 is 0 Å².